The number of allylic oxidation sites excluding steroid dienone is 1. The summed E-state index contributed by atoms with van der Waals surface area (Å²) in [5.74, 6) is 0.0105. The van der Waals surface area contributed by atoms with E-state index >= 15 is 0 Å². The lowest BCUT2D eigenvalue weighted by Gasteiger charge is -2.13. The Kier molecular flexibility index (Phi) is 3.45. The summed E-state index contributed by atoms with van der Waals surface area (Å²) in [5, 5.41) is 4.04. The van der Waals surface area contributed by atoms with Crippen LogP contribution in [0.4, 0.5) is 0 Å². The molecule has 0 unspecified atom stereocenters. The maximum Gasteiger partial charge on any atom is 0.246 e. The predicted molar refractivity (Wildman–Crippen MR) is 54.5 cm³/mol. The Bertz CT molecular complexity index is 341. The lowest BCUT2D eigenvalue weighted by atomic mass is 10.3. The largest absolute Gasteiger partial charge is 0.338 e. The summed E-state index contributed by atoms with van der Waals surface area (Å²) >= 11 is 0. The van der Waals surface area contributed by atoms with Crippen LogP contribution in [0, 0.1) is 0 Å². The number of nitrogens with zero attached hydrogens (tertiary/aromatic N) is 3. The van der Waals surface area contributed by atoms with E-state index in [1.807, 2.05) is 20.2 Å². The van der Waals surface area contributed by atoms with Crippen molar-refractivity contribution in [1.82, 2.24) is 14.7 Å². The number of aromatic nitrogens is 2. The number of hydrogen-bond donors (Lipinski definition) is 0. The van der Waals surface area contributed by atoms with Crippen LogP contribution < -0.4 is 0 Å². The van der Waals surface area contributed by atoms with E-state index < -0.39 is 0 Å². The fourth-order valence-corrected chi connectivity index (χ4v) is 1.18. The van der Waals surface area contributed by atoms with Crippen LogP contribution in [0.15, 0.2) is 24.5 Å². The predicted octanol–water partition coefficient (Wildman–Crippen LogP) is 0.955. The Morgan fingerprint density at radius 2 is 2.43 bits per heavy atom. The summed E-state index contributed by atoms with van der Waals surface area (Å²) in [5.41, 5.74) is 1.04. The fourth-order valence-electron chi connectivity index (χ4n) is 1.18. The highest BCUT2D eigenvalue weighted by atomic mass is 16.2. The molecule has 0 aliphatic carbocycles. The lowest BCUT2D eigenvalue weighted by molar-refractivity contribution is -0.125. The number of hydrogen-bond acceptors (Lipinski definition) is 2. The minimum Gasteiger partial charge on any atom is -0.338 e. The van der Waals surface area contributed by atoms with Gasteiger partial charge < -0.3 is 4.90 Å². The SMILES string of the molecule is CC=CC(=O)N(C)Cc1cnn(C)c1. The second-order valence-corrected chi connectivity index (χ2v) is 3.22. The molecule has 0 radical (unpaired) electrons. The van der Waals surface area contributed by atoms with E-state index in [0.29, 0.717) is 6.54 Å². The molecule has 1 heterocycles. The van der Waals surface area contributed by atoms with Crippen molar-refractivity contribution in [2.75, 3.05) is 7.05 Å². The van der Waals surface area contributed by atoms with Crippen LogP contribution in [0.2, 0.25) is 0 Å². The molecule has 1 aromatic rings. The summed E-state index contributed by atoms with van der Waals surface area (Å²) in [4.78, 5) is 13.0. The molecule has 0 atom stereocenters. The molecule has 14 heavy (non-hydrogen) atoms. The first-order valence-electron chi connectivity index (χ1n) is 4.49. The van der Waals surface area contributed by atoms with Crippen LogP contribution in [0.3, 0.4) is 0 Å². The van der Waals surface area contributed by atoms with E-state index in [1.165, 1.54) is 0 Å². The van der Waals surface area contributed by atoms with Gasteiger partial charge in [0.2, 0.25) is 5.91 Å². The third-order valence-corrected chi connectivity index (χ3v) is 1.86. The third kappa shape index (κ3) is 2.73. The molecule has 0 aromatic carbocycles. The van der Waals surface area contributed by atoms with Gasteiger partial charge in [0, 0.05) is 32.4 Å². The van der Waals surface area contributed by atoms with Crippen molar-refractivity contribution < 1.29 is 4.79 Å². The number of amides is 1. The van der Waals surface area contributed by atoms with E-state index in [4.69, 9.17) is 0 Å². The normalized spacial score (nSPS) is 10.8. The van der Waals surface area contributed by atoms with E-state index in [1.54, 1.807) is 35.0 Å². The third-order valence-electron chi connectivity index (χ3n) is 1.86. The Labute approximate surface area is 83.8 Å². The van der Waals surface area contributed by atoms with Gasteiger partial charge >= 0.3 is 0 Å². The van der Waals surface area contributed by atoms with Crippen molar-refractivity contribution in [2.24, 2.45) is 7.05 Å². The van der Waals surface area contributed by atoms with Gasteiger partial charge in [-0.3, -0.25) is 9.48 Å². The number of rotatable bonds is 3. The maximum atomic E-state index is 11.4. The number of likely N-dealkylation sites (N-methyl/N-ethyl adjacent to an activating group) is 1. The summed E-state index contributed by atoms with van der Waals surface area (Å²) in [7, 11) is 3.63. The van der Waals surface area contributed by atoms with Crippen LogP contribution in [0.1, 0.15) is 12.5 Å². The van der Waals surface area contributed by atoms with Gasteiger partial charge in [0.25, 0.3) is 0 Å². The smallest absolute Gasteiger partial charge is 0.246 e. The summed E-state index contributed by atoms with van der Waals surface area (Å²) in [6.07, 6.45) is 6.96. The quantitative estimate of drug-likeness (QED) is 0.670. The van der Waals surface area contributed by atoms with Gasteiger partial charge in [0.1, 0.15) is 0 Å². The van der Waals surface area contributed by atoms with E-state index in [0.717, 1.165) is 5.56 Å². The fraction of sp³-hybridized carbons (Fsp3) is 0.400. The van der Waals surface area contributed by atoms with Crippen molar-refractivity contribution in [3.63, 3.8) is 0 Å². The number of carbonyl (C=O) groups is 1. The molecule has 76 valence electrons. The topological polar surface area (TPSA) is 38.1 Å². The Morgan fingerprint density at radius 3 is 2.93 bits per heavy atom. The van der Waals surface area contributed by atoms with Gasteiger partial charge in [0.05, 0.1) is 6.20 Å². The minimum atomic E-state index is 0.0105. The van der Waals surface area contributed by atoms with Gasteiger partial charge in [-0.15, -0.1) is 0 Å². The highest BCUT2D eigenvalue weighted by molar-refractivity contribution is 5.87. The van der Waals surface area contributed by atoms with Crippen molar-refractivity contribution in [3.05, 3.63) is 30.1 Å². The van der Waals surface area contributed by atoms with Crippen molar-refractivity contribution in [2.45, 2.75) is 13.5 Å². The van der Waals surface area contributed by atoms with Gasteiger partial charge in [-0.2, -0.15) is 5.10 Å². The molecule has 4 heteroatoms. The molecule has 0 saturated heterocycles. The molecule has 0 saturated carbocycles. The molecule has 0 bridgehead atoms. The van der Waals surface area contributed by atoms with Crippen molar-refractivity contribution >= 4 is 5.91 Å². The van der Waals surface area contributed by atoms with Crippen molar-refractivity contribution in [3.8, 4) is 0 Å². The zero-order valence-corrected chi connectivity index (χ0v) is 8.77. The Balaban J connectivity index is 2.56. The zero-order valence-electron chi connectivity index (χ0n) is 8.77. The van der Waals surface area contributed by atoms with E-state index in [-0.39, 0.29) is 5.91 Å². The average molecular weight is 193 g/mol. The molecule has 0 spiro atoms. The molecular weight excluding hydrogens is 178 g/mol. The van der Waals surface area contributed by atoms with Crippen LogP contribution in [-0.4, -0.2) is 27.6 Å². The van der Waals surface area contributed by atoms with E-state index in [9.17, 15) is 4.79 Å². The molecule has 0 aliphatic rings. The van der Waals surface area contributed by atoms with Gasteiger partial charge in [-0.25, -0.2) is 0 Å². The van der Waals surface area contributed by atoms with E-state index in [2.05, 4.69) is 5.10 Å². The molecule has 0 fully saturated rings. The van der Waals surface area contributed by atoms with Crippen LogP contribution in [-0.2, 0) is 18.4 Å². The first-order chi connectivity index (χ1) is 6.63. The maximum absolute atomic E-state index is 11.4. The molecule has 1 aromatic heterocycles. The molecule has 0 N–H and O–H groups in total. The van der Waals surface area contributed by atoms with Crippen molar-refractivity contribution in [1.29, 1.82) is 0 Å². The number of carbonyl (C=O) groups excluding carboxylic acids is 1. The molecule has 0 aliphatic heterocycles. The van der Waals surface area contributed by atoms with Crippen LogP contribution in [0.25, 0.3) is 0 Å². The Morgan fingerprint density at radius 1 is 1.71 bits per heavy atom. The average Bonchev–Trinajstić information content (AvgIpc) is 2.51. The second-order valence-electron chi connectivity index (χ2n) is 3.22. The lowest BCUT2D eigenvalue weighted by Crippen LogP contribution is -2.23. The molecule has 1 rings (SSSR count). The zero-order chi connectivity index (χ0) is 10.6. The summed E-state index contributed by atoms with van der Waals surface area (Å²) in [6.45, 7) is 2.42. The molecular formula is C10H15N3O. The van der Waals surface area contributed by atoms with Gasteiger partial charge in [0.15, 0.2) is 0 Å². The van der Waals surface area contributed by atoms with Gasteiger partial charge in [-0.05, 0) is 13.0 Å². The number of aryl methyl sites for hydroxylation is 1. The first-order valence-corrected chi connectivity index (χ1v) is 4.49. The molecule has 4 nitrogen and oxygen atoms in total. The highest BCUT2D eigenvalue weighted by Gasteiger charge is 2.05. The summed E-state index contributed by atoms with van der Waals surface area (Å²) < 4.78 is 1.73. The highest BCUT2D eigenvalue weighted by Crippen LogP contribution is 2.01. The Hall–Kier alpha value is -1.58. The first kappa shape index (κ1) is 10.5. The monoisotopic (exact) mass is 193 g/mol. The van der Waals surface area contributed by atoms with Crippen LogP contribution >= 0.6 is 0 Å². The standard InChI is InChI=1S/C10H15N3O/c1-4-5-10(14)12(2)7-9-6-11-13(3)8-9/h4-6,8H,7H2,1-3H3. The minimum absolute atomic E-state index is 0.0105. The second kappa shape index (κ2) is 4.60. The van der Waals surface area contributed by atoms with Gasteiger partial charge in [-0.1, -0.05) is 6.08 Å². The summed E-state index contributed by atoms with van der Waals surface area (Å²) in [6, 6.07) is 0. The van der Waals surface area contributed by atoms with Crippen LogP contribution in [0.5, 0.6) is 0 Å². The molecule has 1 amide bonds.